The predicted octanol–water partition coefficient (Wildman–Crippen LogP) is 4.93. The van der Waals surface area contributed by atoms with Crippen LogP contribution >= 0.6 is 0 Å². The second-order valence-corrected chi connectivity index (χ2v) is 7.64. The number of ketones is 1. The lowest BCUT2D eigenvalue weighted by Gasteiger charge is -2.32. The number of ether oxygens (including phenoxy) is 1. The smallest absolute Gasteiger partial charge is 0.341 e. The lowest BCUT2D eigenvalue weighted by Crippen LogP contribution is -2.42. The fourth-order valence-corrected chi connectivity index (χ4v) is 3.75. The molecule has 1 aliphatic heterocycles. The van der Waals surface area contributed by atoms with Gasteiger partial charge in [-0.2, -0.15) is 0 Å². The summed E-state index contributed by atoms with van der Waals surface area (Å²) in [5, 5.41) is 0. The van der Waals surface area contributed by atoms with Crippen molar-refractivity contribution in [2.75, 3.05) is 0 Å². The number of hydrogen-bond acceptors (Lipinski definition) is 4. The van der Waals surface area contributed by atoms with E-state index < -0.39 is 5.54 Å². The summed E-state index contributed by atoms with van der Waals surface area (Å²) in [6, 6.07) is 19.2. The molecule has 0 unspecified atom stereocenters. The van der Waals surface area contributed by atoms with Gasteiger partial charge in [0.05, 0.1) is 0 Å². The number of benzene rings is 2. The Labute approximate surface area is 166 Å². The third-order valence-corrected chi connectivity index (χ3v) is 5.32. The van der Waals surface area contributed by atoms with E-state index in [2.05, 4.69) is 0 Å². The van der Waals surface area contributed by atoms with Crippen molar-refractivity contribution in [1.82, 2.24) is 0 Å². The van der Waals surface area contributed by atoms with Crippen LogP contribution in [0, 0.1) is 5.92 Å². The highest BCUT2D eigenvalue weighted by molar-refractivity contribution is 6.08. The highest BCUT2D eigenvalue weighted by Gasteiger charge is 2.52. The van der Waals surface area contributed by atoms with Crippen molar-refractivity contribution >= 4 is 17.7 Å². The lowest BCUT2D eigenvalue weighted by atomic mass is 9.73. The minimum atomic E-state index is -1.08. The molecule has 2 aromatic rings. The summed E-state index contributed by atoms with van der Waals surface area (Å²) in [5.41, 5.74) is 0.641. The number of aliphatic imine (C=N–C) groups is 1. The first-order valence-corrected chi connectivity index (χ1v) is 9.93. The average Bonchev–Trinajstić information content (AvgIpc) is 3.04. The zero-order valence-corrected chi connectivity index (χ0v) is 16.7. The van der Waals surface area contributed by atoms with E-state index in [9.17, 15) is 9.59 Å². The van der Waals surface area contributed by atoms with Crippen molar-refractivity contribution in [3.8, 4) is 0 Å². The highest BCUT2D eigenvalue weighted by atomic mass is 16.6. The van der Waals surface area contributed by atoms with Crippen LogP contribution in [0.4, 0.5) is 0 Å². The van der Waals surface area contributed by atoms with Gasteiger partial charge < -0.3 is 4.74 Å². The molecule has 4 nitrogen and oxygen atoms in total. The molecule has 0 N–H and O–H groups in total. The first-order valence-electron chi connectivity index (χ1n) is 9.93. The molecule has 1 heterocycles. The van der Waals surface area contributed by atoms with E-state index in [1.54, 1.807) is 0 Å². The summed E-state index contributed by atoms with van der Waals surface area (Å²) in [6.45, 7) is 5.81. The van der Waals surface area contributed by atoms with Gasteiger partial charge in [0.15, 0.2) is 5.54 Å². The van der Waals surface area contributed by atoms with Crippen LogP contribution in [-0.4, -0.2) is 23.2 Å². The molecule has 2 atom stereocenters. The number of carbonyl (C=O) groups is 2. The minimum absolute atomic E-state index is 0.0973. The molecule has 4 heteroatoms. The molecule has 0 saturated carbocycles. The Morgan fingerprint density at radius 2 is 1.64 bits per heavy atom. The summed E-state index contributed by atoms with van der Waals surface area (Å²) in [6.07, 6.45) is 1.56. The molecule has 1 aliphatic rings. The van der Waals surface area contributed by atoms with Gasteiger partial charge in [0.25, 0.3) is 0 Å². The Kier molecular flexibility index (Phi) is 6.08. The Hall–Kier alpha value is -2.75. The third-order valence-electron chi connectivity index (χ3n) is 5.32. The summed E-state index contributed by atoms with van der Waals surface area (Å²) in [7, 11) is 0. The molecule has 0 amide bonds. The van der Waals surface area contributed by atoms with E-state index in [-0.39, 0.29) is 30.0 Å². The van der Waals surface area contributed by atoms with Crippen molar-refractivity contribution in [3.63, 3.8) is 0 Å². The van der Waals surface area contributed by atoms with E-state index in [1.807, 2.05) is 81.4 Å². The summed E-state index contributed by atoms with van der Waals surface area (Å²) in [5.74, 6) is -0.340. The van der Waals surface area contributed by atoms with Crippen molar-refractivity contribution < 1.29 is 14.3 Å². The molecular formula is C24H27NO3. The number of cyclic esters (lactones) is 1. The van der Waals surface area contributed by atoms with Gasteiger partial charge in [-0.05, 0) is 24.1 Å². The first-order chi connectivity index (χ1) is 13.5. The van der Waals surface area contributed by atoms with E-state index in [1.165, 1.54) is 0 Å². The Morgan fingerprint density at radius 3 is 2.21 bits per heavy atom. The third kappa shape index (κ3) is 3.91. The van der Waals surface area contributed by atoms with Crippen LogP contribution in [0.15, 0.2) is 65.7 Å². The molecular weight excluding hydrogens is 350 g/mol. The fourth-order valence-electron chi connectivity index (χ4n) is 3.75. The topological polar surface area (TPSA) is 55.7 Å². The SMILES string of the molecule is CCC[C@]1([C@@H](CC(=O)C(C)C)c2ccccc2)N=C(c2ccccc2)OC1=O. The quantitative estimate of drug-likeness (QED) is 0.613. The molecule has 0 aliphatic carbocycles. The number of hydrogen-bond donors (Lipinski definition) is 0. The minimum Gasteiger partial charge on any atom is -0.405 e. The van der Waals surface area contributed by atoms with Crippen LogP contribution in [-0.2, 0) is 14.3 Å². The zero-order chi connectivity index (χ0) is 20.1. The van der Waals surface area contributed by atoms with Gasteiger partial charge in [-0.3, -0.25) is 4.79 Å². The van der Waals surface area contributed by atoms with Crippen molar-refractivity contribution in [2.24, 2.45) is 10.9 Å². The molecule has 0 spiro atoms. The summed E-state index contributed by atoms with van der Waals surface area (Å²) >= 11 is 0. The van der Waals surface area contributed by atoms with Crippen LogP contribution < -0.4 is 0 Å². The fraction of sp³-hybridized carbons (Fsp3) is 0.375. The number of Topliss-reactive ketones (excluding diaryl/α,β-unsaturated/α-hetero) is 1. The van der Waals surface area contributed by atoms with Gasteiger partial charge in [0, 0.05) is 23.8 Å². The van der Waals surface area contributed by atoms with Crippen molar-refractivity contribution in [1.29, 1.82) is 0 Å². The second-order valence-electron chi connectivity index (χ2n) is 7.64. The van der Waals surface area contributed by atoms with Gasteiger partial charge in [-0.15, -0.1) is 0 Å². The van der Waals surface area contributed by atoms with E-state index in [0.29, 0.717) is 12.3 Å². The maximum Gasteiger partial charge on any atom is 0.341 e. The van der Waals surface area contributed by atoms with Crippen molar-refractivity contribution in [3.05, 3.63) is 71.8 Å². The first kappa shape index (κ1) is 20.0. The Bertz CT molecular complexity index is 858. The molecule has 0 aromatic heterocycles. The van der Waals surface area contributed by atoms with Gasteiger partial charge in [0.2, 0.25) is 5.90 Å². The van der Waals surface area contributed by atoms with Gasteiger partial charge >= 0.3 is 5.97 Å². The van der Waals surface area contributed by atoms with Crippen LogP contribution in [0.1, 0.15) is 57.1 Å². The van der Waals surface area contributed by atoms with E-state index >= 15 is 0 Å². The molecule has 146 valence electrons. The molecule has 3 rings (SSSR count). The average molecular weight is 377 g/mol. The number of nitrogens with zero attached hydrogens (tertiary/aromatic N) is 1. The maximum atomic E-state index is 13.2. The number of esters is 1. The summed E-state index contributed by atoms with van der Waals surface area (Å²) < 4.78 is 5.66. The normalized spacial score (nSPS) is 20.0. The second kappa shape index (κ2) is 8.51. The van der Waals surface area contributed by atoms with Crippen LogP contribution in [0.3, 0.4) is 0 Å². The molecule has 28 heavy (non-hydrogen) atoms. The molecule has 2 aromatic carbocycles. The van der Waals surface area contributed by atoms with Crippen LogP contribution in [0.5, 0.6) is 0 Å². The number of rotatable bonds is 8. The Balaban J connectivity index is 2.11. The van der Waals surface area contributed by atoms with Crippen molar-refractivity contribution in [2.45, 2.75) is 51.5 Å². The summed E-state index contributed by atoms with van der Waals surface area (Å²) in [4.78, 5) is 30.7. The van der Waals surface area contributed by atoms with E-state index in [4.69, 9.17) is 9.73 Å². The largest absolute Gasteiger partial charge is 0.405 e. The van der Waals surface area contributed by atoms with Gasteiger partial charge in [0.1, 0.15) is 5.78 Å². The Morgan fingerprint density at radius 1 is 1.04 bits per heavy atom. The van der Waals surface area contributed by atoms with Gasteiger partial charge in [-0.1, -0.05) is 75.7 Å². The molecule has 0 fully saturated rings. The maximum absolute atomic E-state index is 13.2. The lowest BCUT2D eigenvalue weighted by molar-refractivity contribution is -0.140. The number of carbonyl (C=O) groups excluding carboxylic acids is 2. The molecule has 0 radical (unpaired) electrons. The van der Waals surface area contributed by atoms with Crippen LogP contribution in [0.2, 0.25) is 0 Å². The monoisotopic (exact) mass is 377 g/mol. The van der Waals surface area contributed by atoms with E-state index in [0.717, 1.165) is 17.5 Å². The van der Waals surface area contributed by atoms with Crippen LogP contribution in [0.25, 0.3) is 0 Å². The zero-order valence-electron chi connectivity index (χ0n) is 16.7. The standard InChI is InChI=1S/C24H27NO3/c1-4-15-24(23(27)28-22(25-24)19-13-9-6-10-14-19)20(16-21(26)17(2)3)18-11-7-5-8-12-18/h5-14,17,20H,4,15-16H2,1-3H3/t20-,24+/m0/s1. The van der Waals surface area contributed by atoms with Gasteiger partial charge in [-0.25, -0.2) is 9.79 Å². The highest BCUT2D eigenvalue weighted by Crippen LogP contribution is 2.43. The molecule has 0 saturated heterocycles. The predicted molar refractivity (Wildman–Crippen MR) is 110 cm³/mol. The molecule has 0 bridgehead atoms.